The van der Waals surface area contributed by atoms with Crippen LogP contribution in [-0.2, 0) is 14.4 Å². The highest BCUT2D eigenvalue weighted by Crippen LogP contribution is 2.43. The van der Waals surface area contributed by atoms with E-state index in [2.05, 4.69) is 183 Å². The Bertz CT molecular complexity index is 3470. The molecule has 2 aliphatic rings. The number of fused-ring (bicyclic) bond motifs is 2. The van der Waals surface area contributed by atoms with E-state index in [0.29, 0.717) is 35.0 Å². The van der Waals surface area contributed by atoms with E-state index in [1.165, 1.54) is 0 Å². The van der Waals surface area contributed by atoms with Crippen molar-refractivity contribution in [1.82, 2.24) is 4.58 Å². The average Bonchev–Trinajstić information content (AvgIpc) is 3.49. The molecule has 0 radical (unpaired) electrons. The lowest BCUT2D eigenvalue weighted by atomic mass is 9.80. The maximum absolute atomic E-state index is 15.1. The van der Waals surface area contributed by atoms with Gasteiger partial charge in [-0.3, -0.25) is 14.4 Å². The summed E-state index contributed by atoms with van der Waals surface area (Å²) in [6.45, 7) is 16.6. The smallest absolute Gasteiger partial charge is 0.227 e. The molecule has 0 saturated carbocycles. The number of aliphatic hydroxyl groups excluding tert-OH is 1. The molecule has 9 rings (SSSR count). The summed E-state index contributed by atoms with van der Waals surface area (Å²) in [6.07, 6.45) is 12.8. The fourth-order valence-electron chi connectivity index (χ4n) is 10.5. The lowest BCUT2D eigenvalue weighted by Gasteiger charge is -2.27. The monoisotopic (exact) mass is 1010 g/mol. The number of benzene rings is 7. The number of aliphatic hydroxyl groups is 1. The number of amides is 2. The number of hydrogen-bond donors (Lipinski definition) is 3. The van der Waals surface area contributed by atoms with E-state index >= 15 is 4.79 Å². The van der Waals surface area contributed by atoms with Gasteiger partial charge in [0.15, 0.2) is 0 Å². The molecule has 8 nitrogen and oxygen atoms in total. The van der Waals surface area contributed by atoms with Crippen LogP contribution in [0.25, 0.3) is 34.1 Å². The molecule has 7 aromatic carbocycles. The highest BCUT2D eigenvalue weighted by Gasteiger charge is 2.38. The number of nitrogens with zero attached hydrogens (tertiary/aromatic N) is 2. The molecule has 7 aromatic rings. The quantitative estimate of drug-likeness (QED) is 0.0744. The Morgan fingerprint density at radius 1 is 0.553 bits per heavy atom. The Labute approximate surface area is 448 Å². The standard InChI is InChI=1S/C68H70N4O4/c1-9-13-15-47(11-3)67(75)69-61-41-51-37-57(71(53-27-17-43(5)18-28-53)54-29-19-44(6)20-30-54)35-25-49(51)39-59(61)63-65(73)64(66(63)74)60-40-50-26-36-58(38-52(50)42-62(60)70-68(76)48(12-4)16-14-10-2)72(55-31-21-45(7)22-32-55)56-33-23-46(8)24-34-56/h17-42,47-48H,9-16H2,1-8H3,(H2,69,70,73,74,75,76)/p+1. The normalized spacial score (nSPS) is 14.4. The summed E-state index contributed by atoms with van der Waals surface area (Å²) in [6, 6.07) is 47.7. The highest BCUT2D eigenvalue weighted by molar-refractivity contribution is 6.52. The van der Waals surface area contributed by atoms with Crippen LogP contribution in [0, 0.1) is 39.5 Å². The average molecular weight is 1010 g/mol. The molecule has 8 heteroatoms. The van der Waals surface area contributed by atoms with Crippen LogP contribution in [-0.4, -0.2) is 28.4 Å². The third-order valence-electron chi connectivity index (χ3n) is 15.1. The van der Waals surface area contributed by atoms with E-state index in [1.807, 2.05) is 50.3 Å². The molecule has 386 valence electrons. The minimum atomic E-state index is -0.374. The van der Waals surface area contributed by atoms with Crippen molar-refractivity contribution < 1.29 is 19.5 Å². The van der Waals surface area contributed by atoms with Gasteiger partial charge in [0, 0.05) is 87.5 Å². The number of nitrogens with one attached hydrogen (secondary N) is 2. The number of aryl methyl sites for hydroxylation is 4. The number of Topliss-reactive ketones (excluding diaryl/α,β-unsaturated/α-hetero) is 1. The second-order valence-electron chi connectivity index (χ2n) is 20.8. The first-order chi connectivity index (χ1) is 36.8. The van der Waals surface area contributed by atoms with Crippen molar-refractivity contribution in [1.29, 1.82) is 0 Å². The van der Waals surface area contributed by atoms with Crippen molar-refractivity contribution in [2.45, 2.75) is 107 Å². The first-order valence-corrected chi connectivity index (χ1v) is 27.3. The van der Waals surface area contributed by atoms with Crippen molar-refractivity contribution in [3.8, 4) is 0 Å². The van der Waals surface area contributed by atoms with Gasteiger partial charge in [0.1, 0.15) is 5.76 Å². The van der Waals surface area contributed by atoms with Gasteiger partial charge < -0.3 is 20.6 Å². The SMILES string of the molecule is CCCCC(CC)C(=O)Nc1cc2cc(N(c3ccc(C)cc3)c3ccc(C)cc3)ccc2cc1C1=C(O)/C(=c2/cc3c(cc2NC(=O)C(CC)CCCC)=CC(=[N+](c2ccc(C)cc2)c2ccc(C)cc2)C=C3)C1=O. The van der Waals surface area contributed by atoms with Crippen LogP contribution in [0.1, 0.15) is 112 Å². The van der Waals surface area contributed by atoms with E-state index in [4.69, 9.17) is 0 Å². The maximum Gasteiger partial charge on any atom is 0.227 e. The van der Waals surface area contributed by atoms with Crippen molar-refractivity contribution in [3.05, 3.63) is 195 Å². The molecule has 3 N–H and O–H groups in total. The zero-order valence-corrected chi connectivity index (χ0v) is 45.4. The van der Waals surface area contributed by atoms with Crippen molar-refractivity contribution >= 4 is 97.2 Å². The summed E-state index contributed by atoms with van der Waals surface area (Å²) >= 11 is 0. The van der Waals surface area contributed by atoms with E-state index in [-0.39, 0.29) is 46.3 Å². The summed E-state index contributed by atoms with van der Waals surface area (Å²) in [5.41, 5.74) is 12.9. The van der Waals surface area contributed by atoms with E-state index in [9.17, 15) is 14.7 Å². The van der Waals surface area contributed by atoms with Gasteiger partial charge in [-0.2, -0.15) is 4.58 Å². The second-order valence-corrected chi connectivity index (χ2v) is 20.8. The Hall–Kier alpha value is -8.10. The van der Waals surface area contributed by atoms with Gasteiger partial charge in [-0.1, -0.05) is 130 Å². The Kier molecular flexibility index (Phi) is 16.1. The molecule has 2 atom stereocenters. The maximum atomic E-state index is 15.1. The molecule has 0 heterocycles. The minimum absolute atomic E-state index is 0.118. The third kappa shape index (κ3) is 11.1. The van der Waals surface area contributed by atoms with Crippen LogP contribution in [0.3, 0.4) is 0 Å². The van der Waals surface area contributed by atoms with Crippen molar-refractivity contribution in [3.63, 3.8) is 0 Å². The highest BCUT2D eigenvalue weighted by atomic mass is 16.3. The van der Waals surface area contributed by atoms with Crippen LogP contribution in [0.2, 0.25) is 0 Å². The van der Waals surface area contributed by atoms with E-state index in [1.54, 1.807) is 0 Å². The Morgan fingerprint density at radius 3 is 1.55 bits per heavy atom. The number of anilines is 5. The lowest BCUT2D eigenvalue weighted by Crippen LogP contribution is -2.33. The van der Waals surface area contributed by atoms with Crippen LogP contribution in [0.5, 0.6) is 0 Å². The third-order valence-corrected chi connectivity index (χ3v) is 15.1. The number of allylic oxidation sites excluding steroid dienone is 3. The van der Waals surface area contributed by atoms with Gasteiger partial charge in [-0.15, -0.1) is 0 Å². The fourth-order valence-corrected chi connectivity index (χ4v) is 10.5. The number of carbonyl (C=O) groups excluding carboxylic acids is 3. The van der Waals surface area contributed by atoms with Crippen LogP contribution < -0.4 is 30.5 Å². The molecule has 76 heavy (non-hydrogen) atoms. The largest absolute Gasteiger partial charge is 0.506 e. The van der Waals surface area contributed by atoms with Crippen molar-refractivity contribution in [2.75, 3.05) is 15.5 Å². The second kappa shape index (κ2) is 23.2. The zero-order valence-electron chi connectivity index (χ0n) is 45.4. The molecular weight excluding hydrogens is 937 g/mol. The summed E-state index contributed by atoms with van der Waals surface area (Å²) in [5.74, 6) is -1.27. The first-order valence-electron chi connectivity index (χ1n) is 27.3. The zero-order chi connectivity index (χ0) is 53.6. The molecule has 0 aromatic heterocycles. The molecule has 0 bridgehead atoms. The number of hydrogen-bond acceptors (Lipinski definition) is 5. The molecule has 0 saturated heterocycles. The van der Waals surface area contributed by atoms with Crippen LogP contribution in [0.4, 0.5) is 39.8 Å². The van der Waals surface area contributed by atoms with Gasteiger partial charge >= 0.3 is 0 Å². The Balaban J connectivity index is 1.22. The summed E-state index contributed by atoms with van der Waals surface area (Å²) in [7, 11) is 0. The molecule has 2 amide bonds. The molecule has 0 spiro atoms. The summed E-state index contributed by atoms with van der Waals surface area (Å²) in [4.78, 5) is 45.8. The molecule has 0 aliphatic heterocycles. The predicted molar refractivity (Wildman–Crippen MR) is 318 cm³/mol. The van der Waals surface area contributed by atoms with Crippen molar-refractivity contribution in [2.24, 2.45) is 11.8 Å². The van der Waals surface area contributed by atoms with Gasteiger partial charge in [-0.25, -0.2) is 0 Å². The van der Waals surface area contributed by atoms with Gasteiger partial charge in [0.25, 0.3) is 0 Å². The van der Waals surface area contributed by atoms with Gasteiger partial charge in [-0.05, 0) is 142 Å². The minimum Gasteiger partial charge on any atom is -0.506 e. The van der Waals surface area contributed by atoms with Gasteiger partial charge in [0.2, 0.25) is 34.7 Å². The fraction of sp³-hybridized carbons (Fsp3) is 0.265. The van der Waals surface area contributed by atoms with E-state index in [0.717, 1.165) is 116 Å². The molecule has 2 aliphatic carbocycles. The topological polar surface area (TPSA) is 102 Å². The number of rotatable bonds is 18. The lowest BCUT2D eigenvalue weighted by molar-refractivity contribution is -0.121. The summed E-state index contributed by atoms with van der Waals surface area (Å²) in [5, 5.41) is 21.9. The number of ketones is 1. The predicted octanol–water partition coefficient (Wildman–Crippen LogP) is 15.3. The Morgan fingerprint density at radius 2 is 1.05 bits per heavy atom. The number of unbranched alkanes of at least 4 members (excludes halogenated alkanes) is 2. The van der Waals surface area contributed by atoms with Crippen LogP contribution in [0.15, 0.2) is 151 Å². The van der Waals surface area contributed by atoms with Crippen LogP contribution >= 0.6 is 0 Å². The number of carbonyl (C=O) groups is 3. The first kappa shape index (κ1) is 52.8. The van der Waals surface area contributed by atoms with Gasteiger partial charge in [0.05, 0.1) is 11.1 Å². The van der Waals surface area contributed by atoms with E-state index < -0.39 is 0 Å². The summed E-state index contributed by atoms with van der Waals surface area (Å²) < 4.78 is 2.21. The molecule has 2 unspecified atom stereocenters. The molecular formula is C68H71N4O4+. The molecule has 0 fully saturated rings.